The lowest BCUT2D eigenvalue weighted by atomic mass is 10.0. The zero-order valence-electron chi connectivity index (χ0n) is 8.57. The molecule has 2 heteroatoms. The van der Waals surface area contributed by atoms with Gasteiger partial charge in [-0.3, -0.25) is 0 Å². The molecule has 0 saturated heterocycles. The Labute approximate surface area is 87.4 Å². The van der Waals surface area contributed by atoms with Crippen LogP contribution in [0.3, 0.4) is 0 Å². The predicted octanol–water partition coefficient (Wildman–Crippen LogP) is 2.05. The van der Waals surface area contributed by atoms with Crippen molar-refractivity contribution in [1.82, 2.24) is 4.52 Å². The second-order valence-electron chi connectivity index (χ2n) is 4.28. The van der Waals surface area contributed by atoms with Crippen LogP contribution in [0.2, 0.25) is 0 Å². The van der Waals surface area contributed by atoms with E-state index < -0.39 is 0 Å². The standard InChI is InChI=1S/C13H11N2/c1-9-2-3-10-4-5-11-6-7-14-8-12(9)13(10)15(11)14/h2-7H,8H2,1H3/q+1. The lowest BCUT2D eigenvalue weighted by molar-refractivity contribution is -0.744. The summed E-state index contributed by atoms with van der Waals surface area (Å²) in [4.78, 5) is 0. The van der Waals surface area contributed by atoms with Gasteiger partial charge in [-0.05, 0) is 18.6 Å². The maximum absolute atomic E-state index is 2.32. The number of aromatic nitrogens is 2. The minimum atomic E-state index is 1.01. The van der Waals surface area contributed by atoms with E-state index in [1.165, 1.54) is 27.5 Å². The van der Waals surface area contributed by atoms with Crippen LogP contribution < -0.4 is 4.68 Å². The van der Waals surface area contributed by atoms with Gasteiger partial charge in [0, 0.05) is 11.5 Å². The van der Waals surface area contributed by atoms with Gasteiger partial charge in [0.2, 0.25) is 0 Å². The topological polar surface area (TPSA) is 8.29 Å². The van der Waals surface area contributed by atoms with Crippen molar-refractivity contribution in [3.05, 3.63) is 47.7 Å². The average molecular weight is 195 g/mol. The third-order valence-corrected chi connectivity index (χ3v) is 3.43. The minimum Gasteiger partial charge on any atom is -0.120 e. The quantitative estimate of drug-likeness (QED) is 0.379. The van der Waals surface area contributed by atoms with Gasteiger partial charge in [-0.1, -0.05) is 18.2 Å². The maximum atomic E-state index is 2.32. The van der Waals surface area contributed by atoms with Crippen molar-refractivity contribution in [3.8, 4) is 0 Å². The average Bonchev–Trinajstić information content (AvgIpc) is 2.80. The highest BCUT2D eigenvalue weighted by Crippen LogP contribution is 2.26. The molecule has 72 valence electrons. The number of aryl methyl sites for hydroxylation is 1. The Kier molecular flexibility index (Phi) is 1.10. The Morgan fingerprint density at radius 2 is 2.00 bits per heavy atom. The fourth-order valence-corrected chi connectivity index (χ4v) is 2.63. The molecule has 3 aromatic rings. The van der Waals surface area contributed by atoms with Crippen molar-refractivity contribution in [2.75, 3.05) is 0 Å². The van der Waals surface area contributed by atoms with Crippen LogP contribution in [-0.2, 0) is 6.54 Å². The van der Waals surface area contributed by atoms with Gasteiger partial charge in [-0.2, -0.15) is 0 Å². The Bertz CT molecular complexity index is 707. The first kappa shape index (κ1) is 7.46. The number of rotatable bonds is 0. The van der Waals surface area contributed by atoms with Crippen LogP contribution in [-0.4, -0.2) is 4.52 Å². The zero-order chi connectivity index (χ0) is 9.99. The molecule has 0 fully saturated rings. The van der Waals surface area contributed by atoms with Crippen LogP contribution in [0, 0.1) is 6.92 Å². The number of benzene rings is 1. The highest BCUT2D eigenvalue weighted by molar-refractivity contribution is 5.86. The molecule has 0 radical (unpaired) electrons. The van der Waals surface area contributed by atoms with Crippen molar-refractivity contribution in [2.24, 2.45) is 0 Å². The summed E-state index contributed by atoms with van der Waals surface area (Å²) in [5, 5.41) is 1.34. The summed E-state index contributed by atoms with van der Waals surface area (Å²) >= 11 is 0. The molecule has 1 aliphatic rings. The lowest BCUT2D eigenvalue weighted by Gasteiger charge is -1.99. The third kappa shape index (κ3) is 0.743. The predicted molar refractivity (Wildman–Crippen MR) is 58.9 cm³/mol. The zero-order valence-corrected chi connectivity index (χ0v) is 8.57. The van der Waals surface area contributed by atoms with Crippen molar-refractivity contribution in [3.63, 3.8) is 0 Å². The van der Waals surface area contributed by atoms with Gasteiger partial charge in [0.25, 0.3) is 0 Å². The number of hydrogen-bond acceptors (Lipinski definition) is 0. The second-order valence-corrected chi connectivity index (χ2v) is 4.28. The molecule has 0 amide bonds. The van der Waals surface area contributed by atoms with Crippen LogP contribution in [0.1, 0.15) is 11.1 Å². The molecule has 2 aromatic heterocycles. The molecule has 0 spiro atoms. The Morgan fingerprint density at radius 1 is 1.13 bits per heavy atom. The van der Waals surface area contributed by atoms with E-state index in [0.29, 0.717) is 0 Å². The van der Waals surface area contributed by atoms with Crippen molar-refractivity contribution in [2.45, 2.75) is 13.5 Å². The van der Waals surface area contributed by atoms with Crippen LogP contribution >= 0.6 is 0 Å². The maximum Gasteiger partial charge on any atom is 0.200 e. The highest BCUT2D eigenvalue weighted by atomic mass is 15.4. The molecular formula is C13H11N2+. The second kappa shape index (κ2) is 2.22. The first-order valence-corrected chi connectivity index (χ1v) is 5.27. The molecule has 3 heterocycles. The van der Waals surface area contributed by atoms with Gasteiger partial charge in [0.05, 0.1) is 5.56 Å². The minimum absolute atomic E-state index is 1.01. The fourth-order valence-electron chi connectivity index (χ4n) is 2.63. The molecule has 0 saturated carbocycles. The molecule has 0 unspecified atom stereocenters. The molecule has 1 aliphatic heterocycles. The number of pyridine rings is 1. The van der Waals surface area contributed by atoms with Crippen LogP contribution in [0.15, 0.2) is 36.5 Å². The normalized spacial score (nSPS) is 13.4. The van der Waals surface area contributed by atoms with Gasteiger partial charge in [0.1, 0.15) is 11.0 Å². The monoisotopic (exact) mass is 195 g/mol. The molecule has 1 aromatic carbocycles. The molecule has 15 heavy (non-hydrogen) atoms. The smallest absolute Gasteiger partial charge is 0.120 e. The number of nitrogens with zero attached hydrogens (tertiary/aromatic N) is 2. The molecule has 0 bridgehead atoms. The van der Waals surface area contributed by atoms with E-state index in [4.69, 9.17) is 0 Å². The van der Waals surface area contributed by atoms with E-state index in [1.54, 1.807) is 0 Å². The summed E-state index contributed by atoms with van der Waals surface area (Å²) < 4.78 is 4.59. The van der Waals surface area contributed by atoms with Crippen LogP contribution in [0.4, 0.5) is 0 Å². The summed E-state index contributed by atoms with van der Waals surface area (Å²) in [6.45, 7) is 3.21. The molecule has 2 nitrogen and oxygen atoms in total. The molecular weight excluding hydrogens is 184 g/mol. The van der Waals surface area contributed by atoms with Crippen molar-refractivity contribution < 1.29 is 4.68 Å². The van der Waals surface area contributed by atoms with Gasteiger partial charge < -0.3 is 0 Å². The van der Waals surface area contributed by atoms with Crippen LogP contribution in [0.5, 0.6) is 0 Å². The summed E-state index contributed by atoms with van der Waals surface area (Å²) in [6.07, 6.45) is 2.16. The first-order chi connectivity index (χ1) is 7.34. The Hall–Kier alpha value is -1.83. The van der Waals surface area contributed by atoms with Gasteiger partial charge in [-0.25, -0.2) is 0 Å². The lowest BCUT2D eigenvalue weighted by Crippen LogP contribution is -2.34. The van der Waals surface area contributed by atoms with Gasteiger partial charge in [0.15, 0.2) is 12.7 Å². The van der Waals surface area contributed by atoms with Gasteiger partial charge in [-0.15, -0.1) is 9.20 Å². The SMILES string of the molecule is Cc1ccc2ccc3cc[n+]4n3c2c1C4. The molecule has 0 atom stereocenters. The van der Waals surface area contributed by atoms with E-state index in [1.807, 2.05) is 0 Å². The first-order valence-electron chi connectivity index (χ1n) is 5.27. The Morgan fingerprint density at radius 3 is 2.93 bits per heavy atom. The molecule has 4 rings (SSSR count). The van der Waals surface area contributed by atoms with E-state index >= 15 is 0 Å². The van der Waals surface area contributed by atoms with E-state index in [2.05, 4.69) is 52.6 Å². The Balaban J connectivity index is 2.42. The van der Waals surface area contributed by atoms with Crippen molar-refractivity contribution in [1.29, 1.82) is 0 Å². The van der Waals surface area contributed by atoms with Crippen molar-refractivity contribution >= 4 is 16.4 Å². The summed E-state index contributed by atoms with van der Waals surface area (Å²) in [5.74, 6) is 0. The summed E-state index contributed by atoms with van der Waals surface area (Å²) in [6, 6.07) is 11.0. The molecule has 0 aliphatic carbocycles. The van der Waals surface area contributed by atoms with Gasteiger partial charge >= 0.3 is 0 Å². The van der Waals surface area contributed by atoms with E-state index in [0.717, 1.165) is 6.54 Å². The number of hydrogen-bond donors (Lipinski definition) is 0. The third-order valence-electron chi connectivity index (χ3n) is 3.43. The summed E-state index contributed by atoms with van der Waals surface area (Å²) in [7, 11) is 0. The van der Waals surface area contributed by atoms with Crippen LogP contribution in [0.25, 0.3) is 16.4 Å². The highest BCUT2D eigenvalue weighted by Gasteiger charge is 2.24. The molecule has 0 N–H and O–H groups in total. The van der Waals surface area contributed by atoms with E-state index in [9.17, 15) is 0 Å². The summed E-state index contributed by atoms with van der Waals surface area (Å²) in [5.41, 5.74) is 5.54. The fraction of sp³-hybridized carbons (Fsp3) is 0.154. The van der Waals surface area contributed by atoms with E-state index in [-0.39, 0.29) is 0 Å². The largest absolute Gasteiger partial charge is 0.200 e.